The molecule has 0 saturated heterocycles. The van der Waals surface area contributed by atoms with Gasteiger partial charge in [-0.05, 0) is 13.8 Å². The summed E-state index contributed by atoms with van der Waals surface area (Å²) in [5.41, 5.74) is 0. The zero-order valence-electron chi connectivity index (χ0n) is 49.1. The van der Waals surface area contributed by atoms with Crippen LogP contribution in [0.5, 0.6) is 0 Å². The van der Waals surface area contributed by atoms with Crippen molar-refractivity contribution < 1.29 is 170 Å². The summed E-state index contributed by atoms with van der Waals surface area (Å²) in [6.45, 7) is 8.82. The van der Waals surface area contributed by atoms with E-state index < -0.39 is 105 Å². The number of carbonyl (C=O) groups excluding carboxylic acids is 5. The molecule has 0 bridgehead atoms. The number of hydrogen-bond donors (Lipinski definition) is 15. The predicted molar refractivity (Wildman–Crippen MR) is 285 cm³/mol. The fourth-order valence-electron chi connectivity index (χ4n) is 6.39. The van der Waals surface area contributed by atoms with Crippen molar-refractivity contribution >= 4 is 30.8 Å². The monoisotopic (exact) mass is 1160 g/mol. The maximum Gasteiger partial charge on any atom is 1.00 e. The standard InChI is InChI=1S/2C16H34.3C6H12O6.2C2H4O2.2Na/c2*1-3-5-7-9-11-13-15-16-14-12-10-8-6-4-2;3*7-1-3(9)5(11)6(12)4(10)2-8;2*1-2(3)4;;/h2*3-16H2,1-2H3;3*1,3-6,8-12H,2H2;2*1H3,(H,3,4);;/q;;;;;;;2*+1/p-2/t;;3*3-,4+,5+,6+;;;;/m..000..../s1. The van der Waals surface area contributed by atoms with E-state index >= 15 is 0 Å². The van der Waals surface area contributed by atoms with Crippen molar-refractivity contribution in [2.24, 2.45) is 0 Å². The molecule has 460 valence electrons. The van der Waals surface area contributed by atoms with Crippen LogP contribution in [0.25, 0.3) is 0 Å². The summed E-state index contributed by atoms with van der Waals surface area (Å²) in [7, 11) is 0. The Morgan fingerprint density at radius 2 is 0.423 bits per heavy atom. The molecule has 0 rings (SSSR count). The van der Waals surface area contributed by atoms with Gasteiger partial charge in [0.2, 0.25) is 0 Å². The minimum Gasteiger partial charge on any atom is -0.550 e. The second kappa shape index (κ2) is 76.3. The van der Waals surface area contributed by atoms with Gasteiger partial charge in [0.05, 0.1) is 19.8 Å². The predicted octanol–water partition coefficient (Wildman–Crippen LogP) is -5.64. The number of unbranched alkanes of at least 4 members (excludes halogenated alkanes) is 26. The molecule has 0 aliphatic rings. The van der Waals surface area contributed by atoms with Crippen LogP contribution in [-0.4, -0.2) is 200 Å². The molecule has 0 aromatic heterocycles. The van der Waals surface area contributed by atoms with E-state index in [4.69, 9.17) is 96.4 Å². The van der Waals surface area contributed by atoms with Crippen LogP contribution in [0.15, 0.2) is 0 Å². The number of carboxylic acids is 2. The number of aldehydes is 3. The van der Waals surface area contributed by atoms with Gasteiger partial charge in [-0.1, -0.05) is 207 Å². The number of hydrogen-bond acceptors (Lipinski definition) is 22. The van der Waals surface area contributed by atoms with Gasteiger partial charge in [0.15, 0.2) is 18.9 Å². The van der Waals surface area contributed by atoms with Crippen LogP contribution in [0.2, 0.25) is 0 Å². The van der Waals surface area contributed by atoms with Gasteiger partial charge < -0.3 is 111 Å². The zero-order valence-corrected chi connectivity index (χ0v) is 53.1. The normalized spacial score (nSPS) is 14.8. The first-order valence-electron chi connectivity index (χ1n) is 27.6. The van der Waals surface area contributed by atoms with E-state index in [1.165, 1.54) is 180 Å². The van der Waals surface area contributed by atoms with E-state index in [2.05, 4.69) is 27.7 Å². The Kier molecular flexibility index (Phi) is 94.5. The molecule has 0 aromatic carbocycles. The van der Waals surface area contributed by atoms with Crippen molar-refractivity contribution in [1.82, 2.24) is 0 Å². The van der Waals surface area contributed by atoms with Crippen molar-refractivity contribution in [3.63, 3.8) is 0 Å². The van der Waals surface area contributed by atoms with Crippen LogP contribution in [0, 0.1) is 0 Å². The summed E-state index contributed by atoms with van der Waals surface area (Å²) in [4.78, 5) is 47.5. The van der Waals surface area contributed by atoms with E-state index in [-0.39, 0.29) is 78.0 Å². The fraction of sp³-hybridized carbons (Fsp3) is 0.907. The SMILES string of the molecule is CC(=O)[O-].CC(=O)[O-].CCCCCCCCCCCCCCCC.CCCCCCCCCCCCCCCC.O=C[C@H](O)[C@@H](O)[C@H](O)[C@H](O)CO.O=C[C@H](O)[C@@H](O)[C@H](O)[C@H](O)CO.O=C[C@H](O)[C@@H](O)[C@H](O)[C@H](O)CO.[Na+].[Na+]. The van der Waals surface area contributed by atoms with Gasteiger partial charge in [0.25, 0.3) is 0 Å². The Morgan fingerprint density at radius 1 is 0.308 bits per heavy atom. The van der Waals surface area contributed by atoms with E-state index in [0.717, 1.165) is 13.8 Å². The molecule has 0 heterocycles. The molecule has 0 spiro atoms. The van der Waals surface area contributed by atoms with E-state index in [1.54, 1.807) is 0 Å². The molecular weight excluding hydrogens is 1050 g/mol. The second-order valence-electron chi connectivity index (χ2n) is 18.5. The van der Waals surface area contributed by atoms with Gasteiger partial charge in [0.1, 0.15) is 73.2 Å². The van der Waals surface area contributed by atoms with Gasteiger partial charge in [-0.2, -0.15) is 0 Å². The number of carbonyl (C=O) groups is 5. The summed E-state index contributed by atoms with van der Waals surface area (Å²) in [6.07, 6.45) is 20.3. The van der Waals surface area contributed by atoms with E-state index in [1.807, 2.05) is 0 Å². The number of aliphatic hydroxyl groups is 15. The summed E-state index contributed by atoms with van der Waals surface area (Å²) in [6, 6.07) is 0. The van der Waals surface area contributed by atoms with Crippen LogP contribution >= 0.6 is 0 Å². The minimum atomic E-state index is -1.79. The van der Waals surface area contributed by atoms with Crippen molar-refractivity contribution in [1.29, 1.82) is 0 Å². The van der Waals surface area contributed by atoms with Gasteiger partial charge in [-0.3, -0.25) is 0 Å². The van der Waals surface area contributed by atoms with Crippen LogP contribution in [-0.2, 0) is 24.0 Å². The van der Waals surface area contributed by atoms with Crippen LogP contribution in [0.3, 0.4) is 0 Å². The third-order valence-electron chi connectivity index (χ3n) is 11.2. The zero-order chi connectivity index (χ0) is 60.1. The van der Waals surface area contributed by atoms with Gasteiger partial charge >= 0.3 is 59.1 Å². The van der Waals surface area contributed by atoms with Gasteiger partial charge in [-0.15, -0.1) is 0 Å². The summed E-state index contributed by atoms with van der Waals surface area (Å²) < 4.78 is 0. The molecule has 12 atom stereocenters. The number of aliphatic carboxylic acids is 2. The molecule has 24 heteroatoms. The van der Waals surface area contributed by atoms with Crippen LogP contribution in [0.1, 0.15) is 221 Å². The average Bonchev–Trinajstić information content (AvgIpc) is 3.41. The maximum absolute atomic E-state index is 9.90. The maximum atomic E-state index is 9.90. The van der Waals surface area contributed by atoms with Crippen molar-refractivity contribution in [2.45, 2.75) is 295 Å². The van der Waals surface area contributed by atoms with E-state index in [0.29, 0.717) is 0 Å². The Morgan fingerprint density at radius 3 is 0.513 bits per heavy atom. The topological polar surface area (TPSA) is 435 Å². The van der Waals surface area contributed by atoms with Gasteiger partial charge in [0, 0.05) is 11.9 Å². The molecule has 78 heavy (non-hydrogen) atoms. The Labute approximate surface area is 511 Å². The smallest absolute Gasteiger partial charge is 0.550 e. The molecule has 0 unspecified atom stereocenters. The fourth-order valence-corrected chi connectivity index (χ4v) is 6.39. The Bertz CT molecular complexity index is 1050. The second-order valence-corrected chi connectivity index (χ2v) is 18.5. The molecule has 15 N–H and O–H groups in total. The van der Waals surface area contributed by atoms with Crippen molar-refractivity contribution in [2.75, 3.05) is 19.8 Å². The third-order valence-corrected chi connectivity index (χ3v) is 11.2. The summed E-state index contributed by atoms with van der Waals surface area (Å²) in [5, 5.41) is 148. The first-order valence-corrected chi connectivity index (χ1v) is 27.6. The molecule has 0 aromatic rings. The summed E-state index contributed by atoms with van der Waals surface area (Å²) >= 11 is 0. The molecule has 0 amide bonds. The van der Waals surface area contributed by atoms with E-state index in [9.17, 15) is 14.4 Å². The number of carboxylic acid groups (broad SMARTS) is 2. The summed E-state index contributed by atoms with van der Waals surface area (Å²) in [5.74, 6) is -2.17. The number of aliphatic hydroxyl groups excluding tert-OH is 15. The molecule has 0 fully saturated rings. The number of rotatable bonds is 41. The molecule has 0 radical (unpaired) electrons. The Hall–Kier alpha value is -0.650. The Balaban J connectivity index is -0.000000105. The van der Waals surface area contributed by atoms with Crippen molar-refractivity contribution in [3.05, 3.63) is 0 Å². The quantitative estimate of drug-likeness (QED) is 0.0154. The third kappa shape index (κ3) is 77.4. The van der Waals surface area contributed by atoms with Crippen LogP contribution < -0.4 is 69.3 Å². The first kappa shape index (κ1) is 96.5. The largest absolute Gasteiger partial charge is 1.00 e. The van der Waals surface area contributed by atoms with Crippen LogP contribution in [0.4, 0.5) is 0 Å². The molecule has 0 aliphatic heterocycles. The van der Waals surface area contributed by atoms with Crippen molar-refractivity contribution in [3.8, 4) is 0 Å². The minimum absolute atomic E-state index is 0. The molecular formula is C54H110Na2O22. The first-order chi connectivity index (χ1) is 35.9. The average molecular weight is 1160 g/mol. The van der Waals surface area contributed by atoms with Gasteiger partial charge in [-0.25, -0.2) is 0 Å². The molecule has 0 saturated carbocycles. The molecule has 0 aliphatic carbocycles. The molecule has 22 nitrogen and oxygen atoms in total.